The van der Waals surface area contributed by atoms with Crippen LogP contribution in [0.1, 0.15) is 44.2 Å². The van der Waals surface area contributed by atoms with E-state index in [0.29, 0.717) is 5.56 Å². The number of nitrogens with one attached hydrogen (secondary N) is 1. The lowest BCUT2D eigenvalue weighted by atomic mass is 9.95. The number of halogens is 1. The van der Waals surface area contributed by atoms with Gasteiger partial charge in [-0.05, 0) is 52.1 Å². The van der Waals surface area contributed by atoms with Gasteiger partial charge in [0.05, 0.1) is 0 Å². The van der Waals surface area contributed by atoms with Crippen molar-refractivity contribution in [3.05, 3.63) is 29.6 Å². The van der Waals surface area contributed by atoms with Gasteiger partial charge < -0.3 is 15.3 Å². The van der Waals surface area contributed by atoms with Crippen molar-refractivity contribution < 1.29 is 9.50 Å². The number of nitrogens with zero attached hydrogens (tertiary/aromatic N) is 1. The van der Waals surface area contributed by atoms with Crippen molar-refractivity contribution in [2.45, 2.75) is 44.2 Å². The lowest BCUT2D eigenvalue weighted by Crippen LogP contribution is -2.50. The fourth-order valence-electron chi connectivity index (χ4n) is 3.14. The summed E-state index contributed by atoms with van der Waals surface area (Å²) in [7, 11) is 4.24. The first-order chi connectivity index (χ1) is 9.44. The average Bonchev–Trinajstić information content (AvgIpc) is 2.89. The molecule has 2 rings (SSSR count). The summed E-state index contributed by atoms with van der Waals surface area (Å²) in [5.41, 5.74) is 0.814. The van der Waals surface area contributed by atoms with Gasteiger partial charge in [0.2, 0.25) is 0 Å². The predicted octanol–water partition coefficient (Wildman–Crippen LogP) is 3.06. The highest BCUT2D eigenvalue weighted by atomic mass is 19.1. The van der Waals surface area contributed by atoms with Crippen LogP contribution in [0.15, 0.2) is 18.2 Å². The number of rotatable bonds is 5. The fourth-order valence-corrected chi connectivity index (χ4v) is 3.14. The second kappa shape index (κ2) is 6.10. The van der Waals surface area contributed by atoms with Crippen LogP contribution in [0.3, 0.4) is 0 Å². The predicted molar refractivity (Wildman–Crippen MR) is 79.4 cm³/mol. The first kappa shape index (κ1) is 15.3. The van der Waals surface area contributed by atoms with E-state index in [9.17, 15) is 9.50 Å². The fraction of sp³-hybridized carbons (Fsp3) is 0.625. The van der Waals surface area contributed by atoms with E-state index in [0.717, 1.165) is 6.54 Å². The van der Waals surface area contributed by atoms with Crippen LogP contribution in [-0.2, 0) is 0 Å². The minimum absolute atomic E-state index is 0.0666. The Morgan fingerprint density at radius 2 is 2.00 bits per heavy atom. The molecular weight excluding hydrogens is 255 g/mol. The van der Waals surface area contributed by atoms with E-state index in [1.165, 1.54) is 43.9 Å². The summed E-state index contributed by atoms with van der Waals surface area (Å²) >= 11 is 0. The summed E-state index contributed by atoms with van der Waals surface area (Å²) in [5.74, 6) is -0.161. The molecule has 1 saturated carbocycles. The van der Waals surface area contributed by atoms with Crippen LogP contribution >= 0.6 is 0 Å². The maximum atomic E-state index is 13.3. The van der Waals surface area contributed by atoms with Crippen LogP contribution in [0.5, 0.6) is 5.75 Å². The minimum Gasteiger partial charge on any atom is -0.508 e. The van der Waals surface area contributed by atoms with E-state index >= 15 is 0 Å². The van der Waals surface area contributed by atoms with Crippen molar-refractivity contribution in [2.24, 2.45) is 0 Å². The van der Waals surface area contributed by atoms with Crippen molar-refractivity contribution in [2.75, 3.05) is 20.6 Å². The Kier molecular flexibility index (Phi) is 4.66. The Morgan fingerprint density at radius 3 is 2.60 bits per heavy atom. The van der Waals surface area contributed by atoms with Crippen LogP contribution in [0.2, 0.25) is 0 Å². The van der Waals surface area contributed by atoms with E-state index < -0.39 is 0 Å². The topological polar surface area (TPSA) is 35.5 Å². The second-order valence-corrected chi connectivity index (χ2v) is 6.13. The molecule has 0 aliphatic heterocycles. The summed E-state index contributed by atoms with van der Waals surface area (Å²) in [6.45, 7) is 2.82. The van der Waals surface area contributed by atoms with Gasteiger partial charge in [0.1, 0.15) is 11.6 Å². The van der Waals surface area contributed by atoms with Crippen molar-refractivity contribution >= 4 is 0 Å². The quantitative estimate of drug-likeness (QED) is 0.870. The SMILES string of the molecule is CC(NCC1(N(C)C)CCCC1)c1cc(F)ccc1O. The van der Waals surface area contributed by atoms with Gasteiger partial charge in [-0.3, -0.25) is 0 Å². The zero-order chi connectivity index (χ0) is 14.8. The standard InChI is InChI=1S/C16H25FN2O/c1-12(14-10-13(17)6-7-15(14)20)18-11-16(19(2)3)8-4-5-9-16/h6-7,10,12,18,20H,4-5,8-9,11H2,1-3H3. The molecule has 2 N–H and O–H groups in total. The maximum Gasteiger partial charge on any atom is 0.123 e. The van der Waals surface area contributed by atoms with E-state index in [4.69, 9.17) is 0 Å². The van der Waals surface area contributed by atoms with Crippen molar-refractivity contribution in [1.82, 2.24) is 10.2 Å². The summed E-state index contributed by atoms with van der Waals surface area (Å²) < 4.78 is 13.3. The minimum atomic E-state index is -0.311. The van der Waals surface area contributed by atoms with Crippen molar-refractivity contribution in [1.29, 1.82) is 0 Å². The highest BCUT2D eigenvalue weighted by Gasteiger charge is 2.35. The summed E-state index contributed by atoms with van der Waals surface area (Å²) in [6.07, 6.45) is 4.91. The second-order valence-electron chi connectivity index (χ2n) is 6.13. The summed E-state index contributed by atoms with van der Waals surface area (Å²) in [6, 6.07) is 4.04. The smallest absolute Gasteiger partial charge is 0.123 e. The number of likely N-dealkylation sites (N-methyl/N-ethyl adjacent to an activating group) is 1. The molecule has 0 bridgehead atoms. The molecule has 3 nitrogen and oxygen atoms in total. The third-order valence-electron chi connectivity index (χ3n) is 4.68. The molecule has 4 heteroatoms. The van der Waals surface area contributed by atoms with Gasteiger partial charge in [-0.15, -0.1) is 0 Å². The van der Waals surface area contributed by atoms with E-state index in [1.54, 1.807) is 0 Å². The summed E-state index contributed by atoms with van der Waals surface area (Å²) in [5, 5.41) is 13.3. The van der Waals surface area contributed by atoms with Gasteiger partial charge in [0.25, 0.3) is 0 Å². The van der Waals surface area contributed by atoms with E-state index in [2.05, 4.69) is 24.3 Å². The highest BCUT2D eigenvalue weighted by Crippen LogP contribution is 2.34. The monoisotopic (exact) mass is 280 g/mol. The molecule has 1 aliphatic rings. The van der Waals surface area contributed by atoms with Gasteiger partial charge in [0, 0.05) is 23.7 Å². The Labute approximate surface area is 120 Å². The van der Waals surface area contributed by atoms with Crippen LogP contribution in [0, 0.1) is 5.82 Å². The third-order valence-corrected chi connectivity index (χ3v) is 4.68. The lowest BCUT2D eigenvalue weighted by Gasteiger charge is -2.37. The van der Waals surface area contributed by atoms with Crippen molar-refractivity contribution in [3.8, 4) is 5.75 Å². The number of hydrogen-bond acceptors (Lipinski definition) is 3. The highest BCUT2D eigenvalue weighted by molar-refractivity contribution is 5.34. The molecule has 112 valence electrons. The number of benzene rings is 1. The third kappa shape index (κ3) is 3.13. The van der Waals surface area contributed by atoms with Crippen molar-refractivity contribution in [3.63, 3.8) is 0 Å². The zero-order valence-corrected chi connectivity index (χ0v) is 12.6. The van der Waals surface area contributed by atoms with Gasteiger partial charge in [-0.2, -0.15) is 0 Å². The summed E-state index contributed by atoms with van der Waals surface area (Å²) in [4.78, 5) is 2.30. The van der Waals surface area contributed by atoms with Crippen LogP contribution < -0.4 is 5.32 Å². The maximum absolute atomic E-state index is 13.3. The van der Waals surface area contributed by atoms with E-state index in [1.807, 2.05) is 6.92 Å². The van der Waals surface area contributed by atoms with Gasteiger partial charge in [-0.1, -0.05) is 12.8 Å². The molecule has 1 aromatic rings. The number of hydrogen-bond donors (Lipinski definition) is 2. The molecule has 0 aromatic heterocycles. The van der Waals surface area contributed by atoms with Crippen LogP contribution in [0.25, 0.3) is 0 Å². The molecular formula is C16H25FN2O. The largest absolute Gasteiger partial charge is 0.508 e. The zero-order valence-electron chi connectivity index (χ0n) is 12.6. The Balaban J connectivity index is 2.04. The number of phenolic OH excluding ortho intramolecular Hbond substituents is 1. The van der Waals surface area contributed by atoms with Gasteiger partial charge >= 0.3 is 0 Å². The first-order valence-electron chi connectivity index (χ1n) is 7.34. The molecule has 1 atom stereocenters. The molecule has 0 amide bonds. The van der Waals surface area contributed by atoms with Gasteiger partial charge in [0.15, 0.2) is 0 Å². The Hall–Kier alpha value is -1.13. The van der Waals surface area contributed by atoms with Crippen LogP contribution in [-0.4, -0.2) is 36.2 Å². The molecule has 0 saturated heterocycles. The molecule has 1 unspecified atom stereocenters. The normalized spacial score (nSPS) is 19.4. The number of phenols is 1. The molecule has 0 spiro atoms. The molecule has 1 aliphatic carbocycles. The lowest BCUT2D eigenvalue weighted by molar-refractivity contribution is 0.150. The Bertz CT molecular complexity index is 456. The molecule has 1 fully saturated rings. The molecule has 0 radical (unpaired) electrons. The molecule has 20 heavy (non-hydrogen) atoms. The molecule has 0 heterocycles. The first-order valence-corrected chi connectivity index (χ1v) is 7.34. The van der Waals surface area contributed by atoms with E-state index in [-0.39, 0.29) is 23.1 Å². The van der Waals surface area contributed by atoms with Gasteiger partial charge in [-0.25, -0.2) is 4.39 Å². The average molecular weight is 280 g/mol. The number of aromatic hydroxyl groups is 1. The van der Waals surface area contributed by atoms with Crippen LogP contribution in [0.4, 0.5) is 4.39 Å². The Morgan fingerprint density at radius 1 is 1.35 bits per heavy atom. The molecule has 1 aromatic carbocycles.